The van der Waals surface area contributed by atoms with Crippen LogP contribution in [0.15, 0.2) is 109 Å². The van der Waals surface area contributed by atoms with Gasteiger partial charge >= 0.3 is 23.9 Å². The molecule has 0 saturated carbocycles. The summed E-state index contributed by atoms with van der Waals surface area (Å²) >= 11 is 0. The Kier molecular flexibility index (Phi) is 22.3. The molecule has 0 unspecified atom stereocenters. The summed E-state index contributed by atoms with van der Waals surface area (Å²) in [6.45, 7) is 9.90. The standard InChI is InChI=1S/2C16H21NO2.2C4H4O4/c2*1-12(2)17-10-14(18)11-19-16-9-5-7-13-6-3-4-8-15(13)16;2*5-3(6)1-2-4(7)8/h2*3-9,12,14,17-18H,10-11H2,1-2H3;2*1-2H,(H,5,6)(H,7,8)/b;;2*2-1+/t2*14-;;/m10../s1. The Bertz CT molecular complexity index is 1630. The lowest BCUT2D eigenvalue weighted by Crippen LogP contribution is -2.35. The van der Waals surface area contributed by atoms with E-state index in [0.29, 0.717) is 62.7 Å². The van der Waals surface area contributed by atoms with Crippen LogP contribution in [0.4, 0.5) is 0 Å². The summed E-state index contributed by atoms with van der Waals surface area (Å²) in [4.78, 5) is 38.2. The smallest absolute Gasteiger partial charge is 0.328 e. The van der Waals surface area contributed by atoms with Gasteiger partial charge in [0.15, 0.2) is 0 Å². The average Bonchev–Trinajstić information content (AvgIpc) is 3.13. The summed E-state index contributed by atoms with van der Waals surface area (Å²) < 4.78 is 11.4. The number of carbonyl (C=O) groups is 4. The van der Waals surface area contributed by atoms with Gasteiger partial charge in [-0.15, -0.1) is 0 Å². The number of hydrogen-bond acceptors (Lipinski definition) is 10. The van der Waals surface area contributed by atoms with Crippen LogP contribution in [0, 0.1) is 0 Å². The highest BCUT2D eigenvalue weighted by Crippen LogP contribution is 2.26. The molecule has 2 atom stereocenters. The fraction of sp³-hybridized carbons (Fsp3) is 0.300. The molecule has 4 aromatic carbocycles. The second kappa shape index (κ2) is 26.0. The molecular formula is C40H50N2O12. The van der Waals surface area contributed by atoms with Crippen LogP contribution in [0.3, 0.4) is 0 Å². The Labute approximate surface area is 314 Å². The van der Waals surface area contributed by atoms with Crippen molar-refractivity contribution >= 4 is 45.4 Å². The van der Waals surface area contributed by atoms with E-state index in [9.17, 15) is 29.4 Å². The fourth-order valence-electron chi connectivity index (χ4n) is 4.16. The molecule has 0 radical (unpaired) electrons. The van der Waals surface area contributed by atoms with Gasteiger partial charge < -0.3 is 50.7 Å². The molecule has 14 nitrogen and oxygen atoms in total. The number of aliphatic carboxylic acids is 4. The number of fused-ring (bicyclic) bond motifs is 2. The average molecular weight is 751 g/mol. The summed E-state index contributed by atoms with van der Waals surface area (Å²) in [5, 5.41) is 61.8. The van der Waals surface area contributed by atoms with Crippen LogP contribution in [0.25, 0.3) is 21.5 Å². The predicted octanol–water partition coefficient (Wildman–Crippen LogP) is 4.58. The topological polar surface area (TPSA) is 232 Å². The van der Waals surface area contributed by atoms with E-state index in [0.717, 1.165) is 33.0 Å². The van der Waals surface area contributed by atoms with E-state index in [1.807, 2.05) is 60.7 Å². The molecule has 0 amide bonds. The maximum atomic E-state index is 9.84. The number of aliphatic hydroxyl groups is 2. The predicted molar refractivity (Wildman–Crippen MR) is 206 cm³/mol. The van der Waals surface area contributed by atoms with E-state index in [1.54, 1.807) is 0 Å². The van der Waals surface area contributed by atoms with Crippen LogP contribution < -0.4 is 20.1 Å². The van der Waals surface area contributed by atoms with Gasteiger partial charge in [0, 0.05) is 60.2 Å². The Balaban J connectivity index is 0.000000391. The molecule has 14 heteroatoms. The number of carboxylic acids is 4. The van der Waals surface area contributed by atoms with Crippen LogP contribution in [-0.4, -0.2) is 105 Å². The third kappa shape index (κ3) is 21.5. The second-order valence-corrected chi connectivity index (χ2v) is 12.0. The normalized spacial score (nSPS) is 11.9. The first kappa shape index (κ1) is 46.2. The van der Waals surface area contributed by atoms with E-state index in [2.05, 4.69) is 62.6 Å². The summed E-state index contributed by atoms with van der Waals surface area (Å²) in [6.07, 6.45) is 1.23. The van der Waals surface area contributed by atoms with Crippen LogP contribution in [0.5, 0.6) is 11.5 Å². The first-order chi connectivity index (χ1) is 25.6. The van der Waals surface area contributed by atoms with E-state index in [-0.39, 0.29) is 0 Å². The minimum absolute atomic E-state index is 0.299. The van der Waals surface area contributed by atoms with Gasteiger partial charge in [0.25, 0.3) is 0 Å². The van der Waals surface area contributed by atoms with Crippen molar-refractivity contribution in [3.63, 3.8) is 0 Å². The zero-order valence-corrected chi connectivity index (χ0v) is 30.7. The van der Waals surface area contributed by atoms with Crippen molar-refractivity contribution in [1.29, 1.82) is 0 Å². The largest absolute Gasteiger partial charge is 0.490 e. The molecule has 0 heterocycles. The molecule has 0 aliphatic carbocycles. The van der Waals surface area contributed by atoms with E-state index in [4.69, 9.17) is 29.9 Å². The third-order valence-corrected chi connectivity index (χ3v) is 6.62. The highest BCUT2D eigenvalue weighted by Gasteiger charge is 2.09. The number of hydrogen-bond donors (Lipinski definition) is 8. The molecule has 8 N–H and O–H groups in total. The first-order valence-corrected chi connectivity index (χ1v) is 16.9. The lowest BCUT2D eigenvalue weighted by atomic mass is 10.1. The molecule has 4 rings (SSSR count). The summed E-state index contributed by atoms with van der Waals surface area (Å²) in [5.74, 6) is -3.39. The summed E-state index contributed by atoms with van der Waals surface area (Å²) in [7, 11) is 0. The third-order valence-electron chi connectivity index (χ3n) is 6.62. The lowest BCUT2D eigenvalue weighted by molar-refractivity contribution is -0.134. The number of carboxylic acid groups (broad SMARTS) is 4. The summed E-state index contributed by atoms with van der Waals surface area (Å²) in [6, 6.07) is 28.8. The molecule has 0 aliphatic rings. The van der Waals surface area contributed by atoms with Gasteiger partial charge in [0.05, 0.1) is 0 Å². The fourth-order valence-corrected chi connectivity index (χ4v) is 4.16. The van der Waals surface area contributed by atoms with Gasteiger partial charge in [-0.25, -0.2) is 19.2 Å². The van der Waals surface area contributed by atoms with Crippen molar-refractivity contribution in [2.75, 3.05) is 26.3 Å². The number of nitrogens with one attached hydrogen (secondary N) is 2. The van der Waals surface area contributed by atoms with Crippen molar-refractivity contribution in [3.8, 4) is 11.5 Å². The van der Waals surface area contributed by atoms with Crippen molar-refractivity contribution in [3.05, 3.63) is 109 Å². The zero-order chi connectivity index (χ0) is 40.5. The van der Waals surface area contributed by atoms with Crippen molar-refractivity contribution in [2.24, 2.45) is 0 Å². The molecule has 0 aromatic heterocycles. The molecule has 0 saturated heterocycles. The summed E-state index contributed by atoms with van der Waals surface area (Å²) in [5.41, 5.74) is 0. The Morgan fingerprint density at radius 1 is 0.519 bits per heavy atom. The van der Waals surface area contributed by atoms with Crippen LogP contribution in [0.1, 0.15) is 27.7 Å². The van der Waals surface area contributed by atoms with Gasteiger partial charge in [0.2, 0.25) is 0 Å². The number of ether oxygens (including phenoxy) is 2. The van der Waals surface area contributed by atoms with Gasteiger partial charge in [-0.1, -0.05) is 100 Å². The molecular weight excluding hydrogens is 700 g/mol. The molecule has 0 fully saturated rings. The molecule has 0 bridgehead atoms. The van der Waals surface area contributed by atoms with Gasteiger partial charge in [-0.3, -0.25) is 0 Å². The highest BCUT2D eigenvalue weighted by atomic mass is 16.5. The van der Waals surface area contributed by atoms with E-state index >= 15 is 0 Å². The van der Waals surface area contributed by atoms with Gasteiger partial charge in [-0.2, -0.15) is 0 Å². The minimum Gasteiger partial charge on any atom is -0.490 e. The van der Waals surface area contributed by atoms with Crippen LogP contribution >= 0.6 is 0 Å². The maximum absolute atomic E-state index is 9.84. The van der Waals surface area contributed by atoms with Crippen molar-refractivity contribution in [2.45, 2.75) is 52.0 Å². The van der Waals surface area contributed by atoms with Gasteiger partial charge in [0.1, 0.15) is 36.9 Å². The Morgan fingerprint density at radius 2 is 0.815 bits per heavy atom. The van der Waals surface area contributed by atoms with E-state index < -0.39 is 36.1 Å². The number of aliphatic hydroxyl groups excluding tert-OH is 2. The van der Waals surface area contributed by atoms with Crippen LogP contribution in [-0.2, 0) is 19.2 Å². The van der Waals surface area contributed by atoms with E-state index in [1.165, 1.54) is 0 Å². The molecule has 54 heavy (non-hydrogen) atoms. The Morgan fingerprint density at radius 3 is 1.11 bits per heavy atom. The first-order valence-electron chi connectivity index (χ1n) is 16.9. The zero-order valence-electron chi connectivity index (χ0n) is 30.7. The minimum atomic E-state index is -1.26. The SMILES string of the molecule is CC(C)NC[C@@H](O)COc1cccc2ccccc12.CC(C)NC[C@H](O)COc1cccc2ccccc12.O=C(O)/C=C/C(=O)O.O=C(O)/C=C/C(=O)O. The monoisotopic (exact) mass is 750 g/mol. The van der Waals surface area contributed by atoms with Crippen molar-refractivity contribution in [1.82, 2.24) is 10.6 Å². The molecule has 4 aromatic rings. The number of rotatable bonds is 16. The highest BCUT2D eigenvalue weighted by molar-refractivity contribution is 5.90. The molecule has 292 valence electrons. The Hall–Kier alpha value is -5.80. The number of benzene rings is 4. The van der Waals surface area contributed by atoms with Crippen LogP contribution in [0.2, 0.25) is 0 Å². The second-order valence-electron chi connectivity index (χ2n) is 12.0. The molecule has 0 spiro atoms. The van der Waals surface area contributed by atoms with Gasteiger partial charge in [-0.05, 0) is 22.9 Å². The maximum Gasteiger partial charge on any atom is 0.328 e. The lowest BCUT2D eigenvalue weighted by Gasteiger charge is -2.15. The quantitative estimate of drug-likeness (QED) is 0.0733. The van der Waals surface area contributed by atoms with Crippen molar-refractivity contribution < 1.29 is 59.3 Å². The molecule has 0 aliphatic heterocycles.